The Balaban J connectivity index is 0.00000180. The summed E-state index contributed by atoms with van der Waals surface area (Å²) in [5, 5.41) is 3.40. The number of fused-ring (bicyclic) bond motifs is 1. The summed E-state index contributed by atoms with van der Waals surface area (Å²) in [6.45, 7) is 3.63. The molecule has 7 heteroatoms. The van der Waals surface area contributed by atoms with Crippen LogP contribution >= 0.6 is 12.4 Å². The average Bonchev–Trinajstić information content (AvgIpc) is 3.24. The highest BCUT2D eigenvalue weighted by atomic mass is 35.5. The van der Waals surface area contributed by atoms with Crippen LogP contribution in [0.4, 0.5) is 0 Å². The third-order valence-electron chi connectivity index (χ3n) is 6.85. The molecule has 1 amide bonds. The number of amides is 1. The summed E-state index contributed by atoms with van der Waals surface area (Å²) >= 11 is 0. The number of hydrogen-bond acceptors (Lipinski definition) is 3. The highest BCUT2D eigenvalue weighted by molar-refractivity contribution is 5.85. The van der Waals surface area contributed by atoms with Gasteiger partial charge >= 0.3 is 5.69 Å². The molecule has 1 aliphatic carbocycles. The number of carbonyl (C=O) groups excluding carboxylic acids is 1. The minimum absolute atomic E-state index is 0. The monoisotopic (exact) mass is 390 g/mol. The Labute approximate surface area is 164 Å². The number of benzene rings is 1. The summed E-state index contributed by atoms with van der Waals surface area (Å²) in [6, 6.07) is 8.02. The first kappa shape index (κ1) is 18.6. The van der Waals surface area contributed by atoms with Crippen LogP contribution in [0, 0.1) is 11.3 Å². The van der Waals surface area contributed by atoms with Crippen molar-refractivity contribution >= 4 is 29.3 Å². The molecule has 1 aromatic heterocycles. The zero-order valence-corrected chi connectivity index (χ0v) is 16.3. The van der Waals surface area contributed by atoms with Crippen LogP contribution in [0.1, 0.15) is 38.1 Å². The van der Waals surface area contributed by atoms with E-state index in [2.05, 4.69) is 15.2 Å². The van der Waals surface area contributed by atoms with Crippen molar-refractivity contribution in [2.24, 2.45) is 11.3 Å². The van der Waals surface area contributed by atoms with Gasteiger partial charge in [0.2, 0.25) is 5.91 Å². The number of aromatic amines is 1. The molecule has 6 nitrogen and oxygen atoms in total. The van der Waals surface area contributed by atoms with E-state index in [4.69, 9.17) is 0 Å². The Bertz CT molecular complexity index is 891. The predicted octanol–water partition coefficient (Wildman–Crippen LogP) is 2.30. The Kier molecular flexibility index (Phi) is 4.80. The highest BCUT2D eigenvalue weighted by Gasteiger charge is 2.58. The fourth-order valence-corrected chi connectivity index (χ4v) is 5.18. The molecule has 27 heavy (non-hydrogen) atoms. The zero-order valence-electron chi connectivity index (χ0n) is 15.4. The summed E-state index contributed by atoms with van der Waals surface area (Å²) in [7, 11) is 0. The fraction of sp³-hybridized carbons (Fsp3) is 0.600. The Morgan fingerprint density at radius 3 is 2.56 bits per heavy atom. The smallest absolute Gasteiger partial charge is 0.326 e. The molecule has 146 valence electrons. The molecule has 2 saturated heterocycles. The molecule has 2 aliphatic heterocycles. The van der Waals surface area contributed by atoms with E-state index in [1.165, 1.54) is 0 Å². The van der Waals surface area contributed by atoms with Gasteiger partial charge in [0.15, 0.2) is 0 Å². The molecule has 3 fully saturated rings. The summed E-state index contributed by atoms with van der Waals surface area (Å²) in [5.41, 5.74) is 2.12. The van der Waals surface area contributed by atoms with Crippen LogP contribution in [-0.4, -0.2) is 46.5 Å². The number of piperidine rings is 2. The predicted molar refractivity (Wildman–Crippen MR) is 107 cm³/mol. The molecule has 0 radical (unpaired) electrons. The van der Waals surface area contributed by atoms with Crippen LogP contribution in [0.15, 0.2) is 29.1 Å². The van der Waals surface area contributed by atoms with Gasteiger partial charge in [-0.05, 0) is 62.7 Å². The lowest BCUT2D eigenvalue weighted by molar-refractivity contribution is -0.134. The van der Waals surface area contributed by atoms with Crippen molar-refractivity contribution in [2.45, 2.75) is 38.1 Å². The third-order valence-corrected chi connectivity index (χ3v) is 6.85. The number of likely N-dealkylation sites (tertiary alicyclic amines) is 1. The van der Waals surface area contributed by atoms with Gasteiger partial charge in [0.25, 0.3) is 0 Å². The molecular formula is C20H27ClN4O2. The summed E-state index contributed by atoms with van der Waals surface area (Å²) in [5.74, 6) is 0.605. The highest BCUT2D eigenvalue weighted by Crippen LogP contribution is 2.59. The summed E-state index contributed by atoms with van der Waals surface area (Å²) in [6.07, 6.45) is 5.08. The number of imidazole rings is 1. The molecule has 2 N–H and O–H groups in total. The second-order valence-corrected chi connectivity index (χ2v) is 8.24. The number of rotatable bonds is 2. The minimum Gasteiger partial charge on any atom is -0.342 e. The van der Waals surface area contributed by atoms with E-state index in [9.17, 15) is 9.59 Å². The summed E-state index contributed by atoms with van der Waals surface area (Å²) < 4.78 is 1.89. The van der Waals surface area contributed by atoms with Crippen LogP contribution in [-0.2, 0) is 4.79 Å². The van der Waals surface area contributed by atoms with Gasteiger partial charge in [0, 0.05) is 25.0 Å². The van der Waals surface area contributed by atoms with E-state index in [0.717, 1.165) is 69.3 Å². The maximum Gasteiger partial charge on any atom is 0.326 e. The van der Waals surface area contributed by atoms with Crippen LogP contribution in [0.25, 0.3) is 11.0 Å². The van der Waals surface area contributed by atoms with Crippen molar-refractivity contribution in [2.75, 3.05) is 26.2 Å². The topological polar surface area (TPSA) is 70.1 Å². The van der Waals surface area contributed by atoms with Crippen molar-refractivity contribution < 1.29 is 4.79 Å². The molecule has 2 aromatic rings. The van der Waals surface area contributed by atoms with Gasteiger partial charge in [-0.25, -0.2) is 4.79 Å². The lowest BCUT2D eigenvalue weighted by Gasteiger charge is -2.33. The number of nitrogens with zero attached hydrogens (tertiary/aromatic N) is 2. The molecule has 1 unspecified atom stereocenters. The molecular weight excluding hydrogens is 364 g/mol. The molecule has 0 bridgehead atoms. The number of aromatic nitrogens is 2. The molecule has 1 spiro atoms. The lowest BCUT2D eigenvalue weighted by Crippen LogP contribution is -2.42. The average molecular weight is 391 g/mol. The van der Waals surface area contributed by atoms with E-state index in [-0.39, 0.29) is 30.1 Å². The van der Waals surface area contributed by atoms with Gasteiger partial charge in [0.1, 0.15) is 0 Å². The van der Waals surface area contributed by atoms with Gasteiger partial charge in [-0.2, -0.15) is 0 Å². The number of carbonyl (C=O) groups is 1. The van der Waals surface area contributed by atoms with Crippen LogP contribution < -0.4 is 11.0 Å². The van der Waals surface area contributed by atoms with Crippen LogP contribution in [0.2, 0.25) is 0 Å². The van der Waals surface area contributed by atoms with Gasteiger partial charge in [-0.1, -0.05) is 12.1 Å². The fourth-order valence-electron chi connectivity index (χ4n) is 5.18. The number of halogens is 1. The number of H-pyrrole nitrogens is 1. The van der Waals surface area contributed by atoms with Crippen LogP contribution in [0.3, 0.4) is 0 Å². The first-order chi connectivity index (χ1) is 12.7. The Morgan fingerprint density at radius 1 is 1.11 bits per heavy atom. The second kappa shape index (κ2) is 6.99. The maximum absolute atomic E-state index is 12.9. The van der Waals surface area contributed by atoms with Gasteiger partial charge in [-0.15, -0.1) is 12.4 Å². The van der Waals surface area contributed by atoms with E-state index >= 15 is 0 Å². The van der Waals surface area contributed by atoms with Crippen molar-refractivity contribution in [3.05, 3.63) is 34.7 Å². The number of hydrogen-bond donors (Lipinski definition) is 2. The normalized spacial score (nSPS) is 24.7. The second-order valence-electron chi connectivity index (χ2n) is 8.24. The lowest BCUT2D eigenvalue weighted by atomic mass is 9.91. The first-order valence-corrected chi connectivity index (χ1v) is 9.87. The molecule has 1 atom stereocenters. The maximum atomic E-state index is 12.9. The van der Waals surface area contributed by atoms with Gasteiger partial charge < -0.3 is 15.2 Å². The van der Waals surface area contributed by atoms with E-state index in [1.54, 1.807) is 0 Å². The molecule has 5 rings (SSSR count). The molecule has 3 heterocycles. The van der Waals surface area contributed by atoms with Crippen molar-refractivity contribution in [3.8, 4) is 0 Å². The van der Waals surface area contributed by atoms with Crippen LogP contribution in [0.5, 0.6) is 0 Å². The molecule has 1 saturated carbocycles. The number of nitrogens with one attached hydrogen (secondary N) is 2. The molecule has 1 aromatic carbocycles. The first-order valence-electron chi connectivity index (χ1n) is 9.87. The van der Waals surface area contributed by atoms with Crippen molar-refractivity contribution in [3.63, 3.8) is 0 Å². The third kappa shape index (κ3) is 3.09. The largest absolute Gasteiger partial charge is 0.342 e. The Morgan fingerprint density at radius 2 is 1.81 bits per heavy atom. The van der Waals surface area contributed by atoms with E-state index in [1.807, 2.05) is 28.8 Å². The van der Waals surface area contributed by atoms with Gasteiger partial charge in [0.05, 0.1) is 11.0 Å². The zero-order chi connectivity index (χ0) is 17.7. The van der Waals surface area contributed by atoms with Gasteiger partial charge in [-0.3, -0.25) is 9.36 Å². The SMILES string of the molecule is Cl.O=C(C1CC12CCNCC2)N1CCC(n2c(=O)[nH]c3ccccc32)CC1. The molecule has 3 aliphatic rings. The van der Waals surface area contributed by atoms with Crippen molar-refractivity contribution in [1.29, 1.82) is 0 Å². The van der Waals surface area contributed by atoms with Crippen molar-refractivity contribution in [1.82, 2.24) is 19.8 Å². The minimum atomic E-state index is -0.0353. The standard InChI is InChI=1S/C20H26N4O2.ClH/c25-18(15-13-20(15)7-9-21-10-8-20)23-11-5-14(6-12-23)24-17-4-2-1-3-16(17)22-19(24)26;/h1-4,14-15,21H,5-13H2,(H,22,26);1H. The number of para-hydroxylation sites is 2. The quantitative estimate of drug-likeness (QED) is 0.826. The van der Waals surface area contributed by atoms with E-state index in [0.29, 0.717) is 11.3 Å². The van der Waals surface area contributed by atoms with E-state index < -0.39 is 0 Å². The Hall–Kier alpha value is -1.79. The summed E-state index contributed by atoms with van der Waals surface area (Å²) in [4.78, 5) is 30.3.